The van der Waals surface area contributed by atoms with E-state index >= 15 is 0 Å². The number of carbonyl (C=O) groups is 1. The molecule has 0 saturated heterocycles. The van der Waals surface area contributed by atoms with E-state index < -0.39 is 4.92 Å². The zero-order chi connectivity index (χ0) is 19.5. The number of carbonyl (C=O) groups excluding carboxylic acids is 1. The van der Waals surface area contributed by atoms with Gasteiger partial charge in [0.1, 0.15) is 4.92 Å². The number of hydrogen-bond acceptors (Lipinski definition) is 7. The van der Waals surface area contributed by atoms with E-state index in [0.717, 1.165) is 42.3 Å². The van der Waals surface area contributed by atoms with Crippen molar-refractivity contribution < 1.29 is 14.1 Å². The Hall–Kier alpha value is -3.07. The van der Waals surface area contributed by atoms with Gasteiger partial charge < -0.3 is 4.42 Å². The van der Waals surface area contributed by atoms with Crippen LogP contribution >= 0.6 is 11.3 Å². The highest BCUT2D eigenvalue weighted by Gasteiger charge is 2.29. The summed E-state index contributed by atoms with van der Waals surface area (Å²) < 4.78 is 6.07. The molecule has 0 N–H and O–H groups in total. The fourth-order valence-electron chi connectivity index (χ4n) is 3.30. The van der Waals surface area contributed by atoms with Crippen LogP contribution in [0.1, 0.15) is 37.9 Å². The maximum absolute atomic E-state index is 13.2. The summed E-state index contributed by atoms with van der Waals surface area (Å²) in [5.41, 5.74) is 0.799. The molecule has 1 aromatic carbocycles. The quantitative estimate of drug-likeness (QED) is 0.351. The molecule has 0 aliphatic heterocycles. The molecule has 1 aliphatic carbocycles. The van der Waals surface area contributed by atoms with E-state index in [1.807, 2.05) is 24.3 Å². The Morgan fingerprint density at radius 1 is 1.25 bits per heavy atom. The van der Waals surface area contributed by atoms with Gasteiger partial charge in [-0.05, 0) is 31.0 Å². The van der Waals surface area contributed by atoms with Crippen LogP contribution < -0.4 is 5.01 Å². The van der Waals surface area contributed by atoms with Crippen molar-refractivity contribution in [3.63, 3.8) is 0 Å². The molecule has 144 valence electrons. The number of benzene rings is 1. The summed E-state index contributed by atoms with van der Waals surface area (Å²) in [6.45, 7) is 0. The fourth-order valence-corrected chi connectivity index (χ4v) is 4.23. The average molecular weight is 398 g/mol. The smallest absolute Gasteiger partial charge is 0.400 e. The lowest BCUT2D eigenvalue weighted by molar-refractivity contribution is -0.402. The third kappa shape index (κ3) is 3.79. The van der Waals surface area contributed by atoms with Gasteiger partial charge in [0.25, 0.3) is 5.91 Å². The molecule has 28 heavy (non-hydrogen) atoms. The third-order valence-electron chi connectivity index (χ3n) is 4.72. The average Bonchev–Trinajstić information content (AvgIpc) is 3.35. The Labute approximate surface area is 164 Å². The number of hydrazone groups is 1. The number of thiazole rings is 1. The first kappa shape index (κ1) is 18.3. The predicted molar refractivity (Wildman–Crippen MR) is 107 cm³/mol. The van der Waals surface area contributed by atoms with Crippen molar-refractivity contribution in [2.24, 2.45) is 11.0 Å². The van der Waals surface area contributed by atoms with Gasteiger partial charge >= 0.3 is 5.88 Å². The summed E-state index contributed by atoms with van der Waals surface area (Å²) in [5.74, 6) is -0.360. The maximum Gasteiger partial charge on any atom is 0.433 e. The zero-order valence-corrected chi connectivity index (χ0v) is 15.8. The first-order valence-electron chi connectivity index (χ1n) is 9.09. The first-order valence-corrected chi connectivity index (χ1v) is 9.91. The van der Waals surface area contributed by atoms with Gasteiger partial charge in [-0.15, -0.1) is 0 Å². The van der Waals surface area contributed by atoms with Crippen LogP contribution in [-0.2, 0) is 4.79 Å². The molecule has 0 unspecified atom stereocenters. The molecular weight excluding hydrogens is 380 g/mol. The summed E-state index contributed by atoms with van der Waals surface area (Å²) in [6.07, 6.45) is 6.18. The number of anilines is 1. The minimum absolute atomic E-state index is 0.0937. The highest BCUT2D eigenvalue weighted by Crippen LogP contribution is 2.32. The second-order valence-electron chi connectivity index (χ2n) is 6.63. The molecular formula is C19H18N4O4S. The van der Waals surface area contributed by atoms with E-state index in [0.29, 0.717) is 5.13 Å². The molecule has 0 bridgehead atoms. The van der Waals surface area contributed by atoms with Crippen molar-refractivity contribution in [2.75, 3.05) is 5.01 Å². The number of para-hydroxylation sites is 1. The topological polar surface area (TPSA) is 102 Å². The van der Waals surface area contributed by atoms with Crippen LogP contribution in [0.3, 0.4) is 0 Å². The molecule has 1 saturated carbocycles. The van der Waals surface area contributed by atoms with Gasteiger partial charge in [-0.2, -0.15) is 10.1 Å². The molecule has 4 rings (SSSR count). The molecule has 0 radical (unpaired) electrons. The van der Waals surface area contributed by atoms with Crippen LogP contribution in [0.4, 0.5) is 11.0 Å². The second-order valence-corrected chi connectivity index (χ2v) is 7.64. The zero-order valence-electron chi connectivity index (χ0n) is 15.0. The number of aromatic nitrogens is 1. The molecule has 0 atom stereocenters. The minimum Gasteiger partial charge on any atom is -0.400 e. The number of fused-ring (bicyclic) bond motifs is 1. The van der Waals surface area contributed by atoms with Crippen LogP contribution in [0.2, 0.25) is 0 Å². The van der Waals surface area contributed by atoms with E-state index in [2.05, 4.69) is 10.1 Å². The van der Waals surface area contributed by atoms with E-state index in [1.54, 1.807) is 0 Å². The van der Waals surface area contributed by atoms with Crippen molar-refractivity contribution in [3.05, 3.63) is 52.3 Å². The van der Waals surface area contributed by atoms with Gasteiger partial charge in [0.2, 0.25) is 5.13 Å². The number of nitro groups is 1. The standard InChI is InChI=1S/C19H18N4O4S/c24-18(13-6-2-1-3-7-13)22(19-21-15-8-4-5-9-16(15)28-19)20-12-14-10-11-17(27-14)23(25)26/h4-5,8-13H,1-3,6-7H2/b20-12-. The van der Waals surface area contributed by atoms with Crippen molar-refractivity contribution in [2.45, 2.75) is 32.1 Å². The number of nitrogens with zero attached hydrogens (tertiary/aromatic N) is 4. The molecule has 1 amide bonds. The van der Waals surface area contributed by atoms with Gasteiger partial charge in [-0.25, -0.2) is 4.98 Å². The molecule has 9 heteroatoms. The van der Waals surface area contributed by atoms with Gasteiger partial charge in [-0.3, -0.25) is 14.9 Å². The highest BCUT2D eigenvalue weighted by atomic mass is 32.1. The molecule has 2 aromatic heterocycles. The highest BCUT2D eigenvalue weighted by molar-refractivity contribution is 7.22. The predicted octanol–water partition coefficient (Wildman–Crippen LogP) is 4.74. The number of furan rings is 1. The lowest BCUT2D eigenvalue weighted by Crippen LogP contribution is -2.33. The van der Waals surface area contributed by atoms with Gasteiger partial charge in [-0.1, -0.05) is 42.7 Å². The normalized spacial score (nSPS) is 15.3. The number of amides is 1. The second kappa shape index (κ2) is 7.89. The van der Waals surface area contributed by atoms with Gasteiger partial charge in [0.15, 0.2) is 5.76 Å². The van der Waals surface area contributed by atoms with Crippen molar-refractivity contribution in [3.8, 4) is 0 Å². The largest absolute Gasteiger partial charge is 0.433 e. The van der Waals surface area contributed by atoms with Crippen molar-refractivity contribution >= 4 is 44.7 Å². The van der Waals surface area contributed by atoms with Crippen molar-refractivity contribution in [1.29, 1.82) is 0 Å². The summed E-state index contributed by atoms with van der Waals surface area (Å²) in [7, 11) is 0. The Balaban J connectivity index is 1.66. The number of hydrogen-bond donors (Lipinski definition) is 0. The summed E-state index contributed by atoms with van der Waals surface area (Å²) >= 11 is 1.38. The van der Waals surface area contributed by atoms with E-state index in [1.165, 1.54) is 34.7 Å². The monoisotopic (exact) mass is 398 g/mol. The van der Waals surface area contributed by atoms with Gasteiger partial charge in [0.05, 0.1) is 22.5 Å². The van der Waals surface area contributed by atoms with Crippen LogP contribution in [-0.4, -0.2) is 22.0 Å². The lowest BCUT2D eigenvalue weighted by Gasteiger charge is -2.24. The summed E-state index contributed by atoms with van der Waals surface area (Å²) in [5, 5.41) is 16.9. The Kier molecular flexibility index (Phi) is 5.16. The molecule has 1 fully saturated rings. The minimum atomic E-state index is -0.615. The van der Waals surface area contributed by atoms with Crippen LogP contribution in [0.15, 0.2) is 45.9 Å². The van der Waals surface area contributed by atoms with E-state index in [9.17, 15) is 14.9 Å². The fraction of sp³-hybridized carbons (Fsp3) is 0.316. The van der Waals surface area contributed by atoms with Gasteiger partial charge in [0, 0.05) is 5.92 Å². The van der Waals surface area contributed by atoms with E-state index in [-0.39, 0.29) is 23.5 Å². The molecule has 0 spiro atoms. The Morgan fingerprint density at radius 3 is 2.75 bits per heavy atom. The molecule has 1 aliphatic rings. The van der Waals surface area contributed by atoms with Crippen LogP contribution in [0, 0.1) is 16.0 Å². The molecule has 8 nitrogen and oxygen atoms in total. The maximum atomic E-state index is 13.2. The van der Waals surface area contributed by atoms with E-state index in [4.69, 9.17) is 4.42 Å². The number of rotatable bonds is 5. The summed E-state index contributed by atoms with van der Waals surface area (Å²) in [4.78, 5) is 27.9. The summed E-state index contributed by atoms with van der Waals surface area (Å²) in [6, 6.07) is 10.3. The lowest BCUT2D eigenvalue weighted by atomic mass is 9.88. The van der Waals surface area contributed by atoms with Crippen LogP contribution in [0.25, 0.3) is 10.2 Å². The first-order chi connectivity index (χ1) is 13.6. The molecule has 2 heterocycles. The Morgan fingerprint density at radius 2 is 2.04 bits per heavy atom. The van der Waals surface area contributed by atoms with Crippen molar-refractivity contribution in [1.82, 2.24) is 4.98 Å². The third-order valence-corrected chi connectivity index (χ3v) is 5.73. The molecule has 3 aromatic rings. The SMILES string of the molecule is O=C(C1CCCCC1)N(/N=C\c1ccc([N+](=O)[O-])o1)c1nc2ccccc2s1. The van der Waals surface area contributed by atoms with Crippen LogP contribution in [0.5, 0.6) is 0 Å². The Bertz CT molecular complexity index is 1000.